The first-order valence-corrected chi connectivity index (χ1v) is 6.56. The van der Waals surface area contributed by atoms with Crippen LogP contribution in [0.5, 0.6) is 5.75 Å². The second-order valence-corrected chi connectivity index (χ2v) is 5.14. The number of hydrogen-bond acceptors (Lipinski definition) is 2. The summed E-state index contributed by atoms with van der Waals surface area (Å²) in [6.45, 7) is 1.93. The predicted molar refractivity (Wildman–Crippen MR) is 78.3 cm³/mol. The van der Waals surface area contributed by atoms with E-state index in [4.69, 9.17) is 27.9 Å². The van der Waals surface area contributed by atoms with Crippen LogP contribution in [0.15, 0.2) is 36.4 Å². The van der Waals surface area contributed by atoms with Crippen molar-refractivity contribution in [3.63, 3.8) is 0 Å². The molecule has 0 heterocycles. The van der Waals surface area contributed by atoms with E-state index in [2.05, 4.69) is 0 Å². The van der Waals surface area contributed by atoms with Crippen LogP contribution < -0.4 is 4.74 Å². The summed E-state index contributed by atoms with van der Waals surface area (Å²) in [5.74, 6) is 0.584. The van der Waals surface area contributed by atoms with Gasteiger partial charge in [-0.3, -0.25) is 0 Å². The largest absolute Gasteiger partial charge is 0.495 e. The maximum absolute atomic E-state index is 10.4. The lowest BCUT2D eigenvalue weighted by Gasteiger charge is -2.15. The van der Waals surface area contributed by atoms with Crippen molar-refractivity contribution in [2.75, 3.05) is 7.11 Å². The number of methoxy groups -OCH3 is 1. The fraction of sp³-hybridized carbons (Fsp3) is 0.200. The van der Waals surface area contributed by atoms with Crippen LogP contribution in [0.25, 0.3) is 0 Å². The predicted octanol–water partition coefficient (Wildman–Crippen LogP) is 4.39. The van der Waals surface area contributed by atoms with Crippen LogP contribution in [-0.4, -0.2) is 12.2 Å². The first kappa shape index (κ1) is 14.2. The molecule has 1 N–H and O–H groups in total. The van der Waals surface area contributed by atoms with E-state index in [0.29, 0.717) is 21.4 Å². The van der Waals surface area contributed by atoms with Crippen LogP contribution in [-0.2, 0) is 0 Å². The molecule has 0 saturated heterocycles. The van der Waals surface area contributed by atoms with Crippen LogP contribution in [0.3, 0.4) is 0 Å². The van der Waals surface area contributed by atoms with E-state index in [1.807, 2.05) is 13.0 Å². The standard InChI is InChI=1S/C15H14Cl2O2/c1-9-3-5-11(16)8-12(9)15(18)10-4-6-14(19-2)13(17)7-10/h3-8,15,18H,1-2H3. The molecule has 1 atom stereocenters. The summed E-state index contributed by atoms with van der Waals surface area (Å²) >= 11 is 12.0. The zero-order chi connectivity index (χ0) is 14.0. The van der Waals surface area contributed by atoms with Gasteiger partial charge in [-0.1, -0.05) is 35.3 Å². The fourth-order valence-electron chi connectivity index (χ4n) is 1.94. The van der Waals surface area contributed by atoms with E-state index in [-0.39, 0.29) is 0 Å². The second-order valence-electron chi connectivity index (χ2n) is 4.30. The van der Waals surface area contributed by atoms with E-state index in [1.165, 1.54) is 0 Å². The van der Waals surface area contributed by atoms with Gasteiger partial charge in [-0.25, -0.2) is 0 Å². The number of hydrogen-bond donors (Lipinski definition) is 1. The molecule has 0 radical (unpaired) electrons. The summed E-state index contributed by atoms with van der Waals surface area (Å²) in [7, 11) is 1.55. The van der Waals surface area contributed by atoms with Crippen molar-refractivity contribution in [3.8, 4) is 5.75 Å². The lowest BCUT2D eigenvalue weighted by molar-refractivity contribution is 0.219. The third kappa shape index (κ3) is 3.03. The van der Waals surface area contributed by atoms with Gasteiger partial charge in [0.1, 0.15) is 11.9 Å². The minimum atomic E-state index is -0.762. The molecule has 2 nitrogen and oxygen atoms in total. The van der Waals surface area contributed by atoms with E-state index in [0.717, 1.165) is 11.1 Å². The molecule has 0 aliphatic heterocycles. The fourth-order valence-corrected chi connectivity index (χ4v) is 2.38. The van der Waals surface area contributed by atoms with E-state index >= 15 is 0 Å². The van der Waals surface area contributed by atoms with Crippen LogP contribution in [0.4, 0.5) is 0 Å². The van der Waals surface area contributed by atoms with Crippen LogP contribution in [0.1, 0.15) is 22.8 Å². The van der Waals surface area contributed by atoms with E-state index < -0.39 is 6.10 Å². The summed E-state index contributed by atoms with van der Waals surface area (Å²) in [4.78, 5) is 0. The molecule has 2 aromatic carbocycles. The second kappa shape index (κ2) is 5.83. The highest BCUT2D eigenvalue weighted by Crippen LogP contribution is 2.32. The smallest absolute Gasteiger partial charge is 0.137 e. The number of halogens is 2. The molecule has 0 amide bonds. The maximum atomic E-state index is 10.4. The van der Waals surface area contributed by atoms with E-state index in [1.54, 1.807) is 37.4 Å². The Balaban J connectivity index is 2.41. The quantitative estimate of drug-likeness (QED) is 0.910. The lowest BCUT2D eigenvalue weighted by Crippen LogP contribution is -2.02. The molecule has 0 bridgehead atoms. The lowest BCUT2D eigenvalue weighted by atomic mass is 9.97. The van der Waals surface area contributed by atoms with Crippen molar-refractivity contribution < 1.29 is 9.84 Å². The highest BCUT2D eigenvalue weighted by molar-refractivity contribution is 6.32. The van der Waals surface area contributed by atoms with Crippen molar-refractivity contribution in [2.24, 2.45) is 0 Å². The number of aliphatic hydroxyl groups is 1. The van der Waals surface area contributed by atoms with Gasteiger partial charge in [-0.15, -0.1) is 0 Å². The number of rotatable bonds is 3. The summed E-state index contributed by atoms with van der Waals surface area (Å²) < 4.78 is 5.09. The van der Waals surface area contributed by atoms with Crippen molar-refractivity contribution in [1.29, 1.82) is 0 Å². The van der Waals surface area contributed by atoms with Gasteiger partial charge in [0.2, 0.25) is 0 Å². The average molecular weight is 297 g/mol. The van der Waals surface area contributed by atoms with Crippen LogP contribution >= 0.6 is 23.2 Å². The van der Waals surface area contributed by atoms with Crippen molar-refractivity contribution >= 4 is 23.2 Å². The highest BCUT2D eigenvalue weighted by atomic mass is 35.5. The SMILES string of the molecule is COc1ccc(C(O)c2cc(Cl)ccc2C)cc1Cl. The Morgan fingerprint density at radius 1 is 1.11 bits per heavy atom. The zero-order valence-electron chi connectivity index (χ0n) is 10.7. The first-order chi connectivity index (χ1) is 9.02. The molecule has 4 heteroatoms. The molecule has 2 aromatic rings. The molecule has 1 unspecified atom stereocenters. The Hall–Kier alpha value is -1.22. The minimum absolute atomic E-state index is 0.471. The van der Waals surface area contributed by atoms with Gasteiger partial charge in [0.15, 0.2) is 0 Å². The Bertz CT molecular complexity index is 597. The van der Waals surface area contributed by atoms with Gasteiger partial charge in [0.25, 0.3) is 0 Å². The normalized spacial score (nSPS) is 12.3. The summed E-state index contributed by atoms with van der Waals surface area (Å²) in [5.41, 5.74) is 2.45. The van der Waals surface area contributed by atoms with Gasteiger partial charge in [-0.05, 0) is 47.9 Å². The maximum Gasteiger partial charge on any atom is 0.137 e. The summed E-state index contributed by atoms with van der Waals surface area (Å²) in [6, 6.07) is 10.7. The number of benzene rings is 2. The number of ether oxygens (including phenoxy) is 1. The van der Waals surface area contributed by atoms with Crippen molar-refractivity contribution in [3.05, 3.63) is 63.1 Å². The van der Waals surface area contributed by atoms with Crippen LogP contribution in [0.2, 0.25) is 10.0 Å². The number of aryl methyl sites for hydroxylation is 1. The Morgan fingerprint density at radius 3 is 2.47 bits per heavy atom. The molecule has 0 spiro atoms. The van der Waals surface area contributed by atoms with Gasteiger partial charge in [-0.2, -0.15) is 0 Å². The van der Waals surface area contributed by atoms with Gasteiger partial charge >= 0.3 is 0 Å². The van der Waals surface area contributed by atoms with Crippen molar-refractivity contribution in [2.45, 2.75) is 13.0 Å². The molecular formula is C15H14Cl2O2. The number of aliphatic hydroxyl groups excluding tert-OH is 1. The molecule has 0 fully saturated rings. The molecule has 2 rings (SSSR count). The molecular weight excluding hydrogens is 283 g/mol. The van der Waals surface area contributed by atoms with E-state index in [9.17, 15) is 5.11 Å². The average Bonchev–Trinajstić information content (AvgIpc) is 2.40. The molecule has 0 aliphatic carbocycles. The van der Waals surface area contributed by atoms with Gasteiger partial charge in [0, 0.05) is 5.02 Å². The zero-order valence-corrected chi connectivity index (χ0v) is 12.2. The summed E-state index contributed by atoms with van der Waals surface area (Å²) in [5, 5.41) is 11.5. The topological polar surface area (TPSA) is 29.5 Å². The Labute approximate surface area is 122 Å². The van der Waals surface area contributed by atoms with Crippen molar-refractivity contribution in [1.82, 2.24) is 0 Å². The molecule has 0 aromatic heterocycles. The Kier molecular flexibility index (Phi) is 4.35. The third-order valence-electron chi connectivity index (χ3n) is 3.03. The first-order valence-electron chi connectivity index (χ1n) is 5.80. The molecule has 0 saturated carbocycles. The molecule has 100 valence electrons. The summed E-state index contributed by atoms with van der Waals surface area (Å²) in [6.07, 6.45) is -0.762. The molecule has 0 aliphatic rings. The highest BCUT2D eigenvalue weighted by Gasteiger charge is 2.15. The van der Waals surface area contributed by atoms with Gasteiger partial charge < -0.3 is 9.84 Å². The van der Waals surface area contributed by atoms with Crippen LogP contribution in [0, 0.1) is 6.92 Å². The van der Waals surface area contributed by atoms with Gasteiger partial charge in [0.05, 0.1) is 12.1 Å². The Morgan fingerprint density at radius 2 is 1.84 bits per heavy atom. The molecule has 19 heavy (non-hydrogen) atoms. The minimum Gasteiger partial charge on any atom is -0.495 e. The monoisotopic (exact) mass is 296 g/mol. The third-order valence-corrected chi connectivity index (χ3v) is 3.56.